The van der Waals surface area contributed by atoms with Gasteiger partial charge in [-0.05, 0) is 41.8 Å². The van der Waals surface area contributed by atoms with Crippen molar-refractivity contribution in [3.05, 3.63) is 58.9 Å². The maximum absolute atomic E-state index is 14.0. The molecule has 0 heterocycles. The van der Waals surface area contributed by atoms with Crippen LogP contribution in [0.25, 0.3) is 11.1 Å². The standard InChI is InChI=1S/C17H18F3N/c1-10(2)21-9-12-7-13(18)4-5-14(12)15-6-11(3)16(19)8-17(15)20/h4-8,10,21H,9H2,1-3H3. The van der Waals surface area contributed by atoms with Crippen LogP contribution in [-0.2, 0) is 6.54 Å². The van der Waals surface area contributed by atoms with Crippen molar-refractivity contribution in [2.75, 3.05) is 0 Å². The van der Waals surface area contributed by atoms with E-state index in [4.69, 9.17) is 0 Å². The van der Waals surface area contributed by atoms with Gasteiger partial charge in [-0.25, -0.2) is 13.2 Å². The molecule has 0 aliphatic rings. The summed E-state index contributed by atoms with van der Waals surface area (Å²) in [6, 6.07) is 6.74. The Hall–Kier alpha value is -1.81. The Morgan fingerprint density at radius 2 is 1.67 bits per heavy atom. The quantitative estimate of drug-likeness (QED) is 0.870. The number of hydrogen-bond acceptors (Lipinski definition) is 1. The van der Waals surface area contributed by atoms with Crippen LogP contribution < -0.4 is 5.32 Å². The molecule has 0 unspecified atom stereocenters. The highest BCUT2D eigenvalue weighted by Gasteiger charge is 2.13. The molecule has 0 aliphatic heterocycles. The van der Waals surface area contributed by atoms with Crippen LogP contribution in [0.2, 0.25) is 0 Å². The molecule has 4 heteroatoms. The number of hydrogen-bond donors (Lipinski definition) is 1. The lowest BCUT2D eigenvalue weighted by atomic mass is 9.97. The van der Waals surface area contributed by atoms with Crippen LogP contribution in [0.3, 0.4) is 0 Å². The fourth-order valence-corrected chi connectivity index (χ4v) is 2.15. The van der Waals surface area contributed by atoms with Gasteiger partial charge in [-0.3, -0.25) is 0 Å². The van der Waals surface area contributed by atoms with Gasteiger partial charge < -0.3 is 5.32 Å². The molecule has 1 nitrogen and oxygen atoms in total. The summed E-state index contributed by atoms with van der Waals surface area (Å²) in [7, 11) is 0. The molecule has 0 fully saturated rings. The van der Waals surface area contributed by atoms with E-state index >= 15 is 0 Å². The Labute approximate surface area is 122 Å². The van der Waals surface area contributed by atoms with Gasteiger partial charge in [0, 0.05) is 24.2 Å². The molecule has 21 heavy (non-hydrogen) atoms. The van der Waals surface area contributed by atoms with Crippen molar-refractivity contribution in [2.24, 2.45) is 0 Å². The Morgan fingerprint density at radius 1 is 0.952 bits per heavy atom. The number of nitrogens with one attached hydrogen (secondary N) is 1. The topological polar surface area (TPSA) is 12.0 Å². The van der Waals surface area contributed by atoms with Gasteiger partial charge in [0.25, 0.3) is 0 Å². The third kappa shape index (κ3) is 3.64. The van der Waals surface area contributed by atoms with Crippen LogP contribution >= 0.6 is 0 Å². The second kappa shape index (κ2) is 6.31. The Morgan fingerprint density at radius 3 is 2.33 bits per heavy atom. The van der Waals surface area contributed by atoms with Gasteiger partial charge in [-0.15, -0.1) is 0 Å². The number of aryl methyl sites for hydroxylation is 1. The molecule has 0 radical (unpaired) electrons. The molecule has 0 saturated heterocycles. The summed E-state index contributed by atoms with van der Waals surface area (Å²) in [5.74, 6) is -1.60. The van der Waals surface area contributed by atoms with Crippen LogP contribution in [0, 0.1) is 24.4 Å². The minimum absolute atomic E-state index is 0.223. The minimum Gasteiger partial charge on any atom is -0.310 e. The molecule has 0 saturated carbocycles. The van der Waals surface area contributed by atoms with Gasteiger partial charge in [0.05, 0.1) is 0 Å². The predicted octanol–water partition coefficient (Wildman–Crippen LogP) is 4.58. The molecular formula is C17H18F3N. The van der Waals surface area contributed by atoms with Gasteiger partial charge in [0.2, 0.25) is 0 Å². The maximum atomic E-state index is 14.0. The SMILES string of the molecule is Cc1cc(-c2ccc(F)cc2CNC(C)C)c(F)cc1F. The molecular weight excluding hydrogens is 275 g/mol. The lowest BCUT2D eigenvalue weighted by Gasteiger charge is -2.14. The van der Waals surface area contributed by atoms with Crippen molar-refractivity contribution < 1.29 is 13.2 Å². The van der Waals surface area contributed by atoms with Gasteiger partial charge in [-0.2, -0.15) is 0 Å². The Bertz CT molecular complexity index is 651. The molecule has 1 N–H and O–H groups in total. The average Bonchev–Trinajstić information content (AvgIpc) is 2.41. The summed E-state index contributed by atoms with van der Waals surface area (Å²) in [4.78, 5) is 0. The normalized spacial score (nSPS) is 11.2. The van der Waals surface area contributed by atoms with Crippen LogP contribution in [0.1, 0.15) is 25.0 Å². The second-order valence-corrected chi connectivity index (χ2v) is 5.42. The van der Waals surface area contributed by atoms with E-state index in [-0.39, 0.29) is 17.4 Å². The molecule has 0 amide bonds. The first-order valence-corrected chi connectivity index (χ1v) is 6.86. The first-order valence-electron chi connectivity index (χ1n) is 6.86. The van der Waals surface area contributed by atoms with E-state index in [9.17, 15) is 13.2 Å². The fraction of sp³-hybridized carbons (Fsp3) is 0.294. The zero-order valence-electron chi connectivity index (χ0n) is 12.3. The van der Waals surface area contributed by atoms with Crippen molar-refractivity contribution in [2.45, 2.75) is 33.4 Å². The largest absolute Gasteiger partial charge is 0.310 e. The van der Waals surface area contributed by atoms with Crippen LogP contribution in [0.4, 0.5) is 13.2 Å². The first-order chi connectivity index (χ1) is 9.88. The van der Waals surface area contributed by atoms with Crippen molar-refractivity contribution in [3.63, 3.8) is 0 Å². The van der Waals surface area contributed by atoms with E-state index in [1.54, 1.807) is 6.92 Å². The number of benzene rings is 2. The summed E-state index contributed by atoms with van der Waals surface area (Å²) >= 11 is 0. The predicted molar refractivity (Wildman–Crippen MR) is 78.5 cm³/mol. The highest BCUT2D eigenvalue weighted by atomic mass is 19.1. The van der Waals surface area contributed by atoms with E-state index in [2.05, 4.69) is 5.32 Å². The zero-order valence-corrected chi connectivity index (χ0v) is 12.3. The van der Waals surface area contributed by atoms with E-state index in [1.165, 1.54) is 24.3 Å². The smallest absolute Gasteiger partial charge is 0.133 e. The summed E-state index contributed by atoms with van der Waals surface area (Å²) in [5, 5.41) is 3.18. The van der Waals surface area contributed by atoms with Gasteiger partial charge in [-0.1, -0.05) is 19.9 Å². The summed E-state index contributed by atoms with van der Waals surface area (Å²) in [5.41, 5.74) is 1.87. The molecule has 2 aromatic carbocycles. The molecule has 0 aliphatic carbocycles. The molecule has 2 rings (SSSR count). The van der Waals surface area contributed by atoms with Gasteiger partial charge in [0.1, 0.15) is 17.5 Å². The maximum Gasteiger partial charge on any atom is 0.133 e. The van der Waals surface area contributed by atoms with Crippen LogP contribution in [0.5, 0.6) is 0 Å². The highest BCUT2D eigenvalue weighted by molar-refractivity contribution is 5.68. The number of halogens is 3. The van der Waals surface area contributed by atoms with Crippen molar-refractivity contribution in [1.29, 1.82) is 0 Å². The van der Waals surface area contributed by atoms with Crippen molar-refractivity contribution >= 4 is 0 Å². The molecule has 0 atom stereocenters. The lowest BCUT2D eigenvalue weighted by Crippen LogP contribution is -2.22. The highest BCUT2D eigenvalue weighted by Crippen LogP contribution is 2.29. The number of rotatable bonds is 4. The molecule has 0 spiro atoms. The second-order valence-electron chi connectivity index (χ2n) is 5.42. The molecule has 2 aromatic rings. The molecule has 0 bridgehead atoms. The first kappa shape index (κ1) is 15.6. The Kier molecular flexibility index (Phi) is 4.68. The monoisotopic (exact) mass is 293 g/mol. The third-order valence-electron chi connectivity index (χ3n) is 3.31. The lowest BCUT2D eigenvalue weighted by molar-refractivity contribution is 0.575. The van der Waals surface area contributed by atoms with Crippen molar-refractivity contribution in [3.8, 4) is 11.1 Å². The van der Waals surface area contributed by atoms with Gasteiger partial charge >= 0.3 is 0 Å². The zero-order chi connectivity index (χ0) is 15.6. The Balaban J connectivity index is 2.50. The van der Waals surface area contributed by atoms with Crippen molar-refractivity contribution in [1.82, 2.24) is 5.32 Å². The average molecular weight is 293 g/mol. The summed E-state index contributed by atoms with van der Waals surface area (Å²) in [6.45, 7) is 5.94. The summed E-state index contributed by atoms with van der Waals surface area (Å²) in [6.07, 6.45) is 0. The van der Waals surface area contributed by atoms with E-state index in [0.717, 1.165) is 6.07 Å². The van der Waals surface area contributed by atoms with E-state index in [1.807, 2.05) is 13.8 Å². The molecule has 112 valence electrons. The van der Waals surface area contributed by atoms with E-state index < -0.39 is 11.6 Å². The van der Waals surface area contributed by atoms with E-state index in [0.29, 0.717) is 23.2 Å². The fourth-order valence-electron chi connectivity index (χ4n) is 2.15. The third-order valence-corrected chi connectivity index (χ3v) is 3.31. The van der Waals surface area contributed by atoms with Crippen LogP contribution in [-0.4, -0.2) is 6.04 Å². The van der Waals surface area contributed by atoms with Gasteiger partial charge in [0.15, 0.2) is 0 Å². The minimum atomic E-state index is -0.643. The summed E-state index contributed by atoms with van der Waals surface area (Å²) < 4.78 is 40.9. The molecule has 0 aromatic heterocycles. The van der Waals surface area contributed by atoms with Crippen LogP contribution in [0.15, 0.2) is 30.3 Å².